The van der Waals surface area contributed by atoms with Crippen molar-refractivity contribution in [2.24, 2.45) is 5.41 Å². The Morgan fingerprint density at radius 2 is 1.47 bits per heavy atom. The lowest BCUT2D eigenvalue weighted by Gasteiger charge is -2.44. The highest BCUT2D eigenvalue weighted by Crippen LogP contribution is 2.70. The molecular formula is C29H28N2O5. The fourth-order valence-corrected chi connectivity index (χ4v) is 6.04. The molecule has 0 radical (unpaired) electrons. The zero-order chi connectivity index (χ0) is 25.6. The molecule has 2 heterocycles. The van der Waals surface area contributed by atoms with E-state index in [2.05, 4.69) is 0 Å². The number of nitrogens with one attached hydrogen (secondary N) is 1. The number of fused-ring (bicyclic) bond motifs is 2. The van der Waals surface area contributed by atoms with Crippen molar-refractivity contribution in [3.63, 3.8) is 0 Å². The zero-order valence-electron chi connectivity index (χ0n) is 20.5. The average molecular weight is 485 g/mol. The molecule has 0 aliphatic carbocycles. The Kier molecular flexibility index (Phi) is 5.58. The van der Waals surface area contributed by atoms with Crippen LogP contribution < -0.4 is 4.90 Å². The van der Waals surface area contributed by atoms with E-state index in [4.69, 9.17) is 14.2 Å². The number of ether oxygens (including phenoxy) is 3. The van der Waals surface area contributed by atoms with Crippen LogP contribution in [-0.2, 0) is 35.1 Å². The standard InChI is InChI=1S/C29H28N2O5/c1-20-14-16-23(17-15-20)31-28(21-10-6-4-7-11-21)19-27(26(33)35-3,18-24(32)34-2)29(31,25(30)36-28)22-12-8-5-9-13-22/h4-17,30H,18-19H2,1-3H3/t27-,28-,29-/m1/s1. The first-order valence-electron chi connectivity index (χ1n) is 11.8. The molecule has 2 saturated heterocycles. The molecule has 0 spiro atoms. The quantitative estimate of drug-likeness (QED) is 0.511. The van der Waals surface area contributed by atoms with Crippen LogP contribution in [-0.4, -0.2) is 32.1 Å². The minimum atomic E-state index is -1.51. The Bertz CT molecular complexity index is 1310. The number of aryl methyl sites for hydroxylation is 1. The molecule has 2 bridgehead atoms. The minimum Gasteiger partial charge on any atom is -0.469 e. The molecule has 2 aliphatic heterocycles. The Morgan fingerprint density at radius 3 is 2.03 bits per heavy atom. The molecule has 0 amide bonds. The van der Waals surface area contributed by atoms with Gasteiger partial charge in [-0.25, -0.2) is 0 Å². The molecule has 2 fully saturated rings. The molecule has 7 heteroatoms. The van der Waals surface area contributed by atoms with E-state index in [9.17, 15) is 15.0 Å². The van der Waals surface area contributed by atoms with E-state index in [-0.39, 0.29) is 18.7 Å². The van der Waals surface area contributed by atoms with Gasteiger partial charge in [-0.15, -0.1) is 0 Å². The van der Waals surface area contributed by atoms with Crippen LogP contribution in [0, 0.1) is 17.7 Å². The molecule has 5 rings (SSSR count). The van der Waals surface area contributed by atoms with E-state index in [0.717, 1.165) is 16.8 Å². The van der Waals surface area contributed by atoms with E-state index in [0.29, 0.717) is 5.56 Å². The molecule has 3 aromatic carbocycles. The van der Waals surface area contributed by atoms with Crippen LogP contribution in [0.4, 0.5) is 5.69 Å². The summed E-state index contributed by atoms with van der Waals surface area (Å²) >= 11 is 0. The third-order valence-electron chi connectivity index (χ3n) is 7.49. The summed E-state index contributed by atoms with van der Waals surface area (Å²) in [5, 5.41) is 9.32. The largest absolute Gasteiger partial charge is 0.469 e. The molecule has 184 valence electrons. The lowest BCUT2D eigenvalue weighted by molar-refractivity contribution is -0.165. The fraction of sp³-hybridized carbons (Fsp3) is 0.276. The van der Waals surface area contributed by atoms with Gasteiger partial charge in [-0.3, -0.25) is 15.0 Å². The molecule has 0 saturated carbocycles. The molecule has 3 aromatic rings. The highest BCUT2D eigenvalue weighted by molar-refractivity contribution is 6.04. The lowest BCUT2D eigenvalue weighted by atomic mass is 9.62. The molecule has 2 aliphatic rings. The number of nitrogens with zero attached hydrogens (tertiary/aromatic N) is 1. The second-order valence-corrected chi connectivity index (χ2v) is 9.33. The van der Waals surface area contributed by atoms with Gasteiger partial charge in [0.25, 0.3) is 0 Å². The van der Waals surface area contributed by atoms with Gasteiger partial charge in [-0.2, -0.15) is 0 Å². The first kappa shape index (κ1) is 23.6. The second kappa shape index (κ2) is 8.52. The van der Waals surface area contributed by atoms with Crippen LogP contribution in [0.3, 0.4) is 0 Å². The molecule has 0 unspecified atom stereocenters. The first-order valence-corrected chi connectivity index (χ1v) is 11.8. The summed E-state index contributed by atoms with van der Waals surface area (Å²) in [6.07, 6.45) is -0.204. The normalized spacial score (nSPS) is 26.4. The van der Waals surface area contributed by atoms with Crippen molar-refractivity contribution < 1.29 is 23.8 Å². The highest BCUT2D eigenvalue weighted by atomic mass is 16.6. The SMILES string of the molecule is COC(=O)C[C@]1(C(=O)OC)C[C@]2(c3ccccc3)OC(=N)[C@@]1(c1ccccc1)N2c1ccc(C)cc1. The highest BCUT2D eigenvalue weighted by Gasteiger charge is 2.82. The van der Waals surface area contributed by atoms with Gasteiger partial charge >= 0.3 is 11.9 Å². The topological polar surface area (TPSA) is 88.9 Å². The van der Waals surface area contributed by atoms with Crippen LogP contribution in [0.1, 0.15) is 29.5 Å². The third-order valence-corrected chi connectivity index (χ3v) is 7.49. The lowest BCUT2D eigenvalue weighted by Crippen LogP contribution is -2.59. The fourth-order valence-electron chi connectivity index (χ4n) is 6.04. The van der Waals surface area contributed by atoms with Gasteiger partial charge in [-0.05, 0) is 24.6 Å². The van der Waals surface area contributed by atoms with Gasteiger partial charge in [0.2, 0.25) is 11.6 Å². The van der Waals surface area contributed by atoms with E-state index in [1.807, 2.05) is 96.8 Å². The van der Waals surface area contributed by atoms with Crippen LogP contribution in [0.2, 0.25) is 0 Å². The molecular weight excluding hydrogens is 456 g/mol. The molecule has 3 atom stereocenters. The van der Waals surface area contributed by atoms with Crippen molar-refractivity contribution in [3.8, 4) is 0 Å². The number of anilines is 1. The summed E-state index contributed by atoms with van der Waals surface area (Å²) in [5.41, 5.74) is -0.980. The van der Waals surface area contributed by atoms with E-state index in [1.165, 1.54) is 14.2 Å². The summed E-state index contributed by atoms with van der Waals surface area (Å²) in [7, 11) is 2.60. The third kappa shape index (κ3) is 3.02. The van der Waals surface area contributed by atoms with Crippen LogP contribution in [0.15, 0.2) is 84.9 Å². The number of methoxy groups -OCH3 is 2. The smallest absolute Gasteiger partial charge is 0.315 e. The maximum Gasteiger partial charge on any atom is 0.315 e. The van der Waals surface area contributed by atoms with Crippen molar-refractivity contribution in [1.29, 1.82) is 5.41 Å². The monoisotopic (exact) mass is 484 g/mol. The summed E-state index contributed by atoms with van der Waals surface area (Å²) < 4.78 is 17.0. The van der Waals surface area contributed by atoms with Gasteiger partial charge in [0.15, 0.2) is 5.54 Å². The van der Waals surface area contributed by atoms with Gasteiger partial charge in [0.1, 0.15) is 5.41 Å². The van der Waals surface area contributed by atoms with Gasteiger partial charge in [0.05, 0.1) is 20.6 Å². The van der Waals surface area contributed by atoms with E-state index >= 15 is 0 Å². The molecule has 0 aromatic heterocycles. The number of carbonyl (C=O) groups is 2. The van der Waals surface area contributed by atoms with E-state index < -0.39 is 28.6 Å². The van der Waals surface area contributed by atoms with Crippen molar-refractivity contribution in [2.45, 2.75) is 31.0 Å². The summed E-state index contributed by atoms with van der Waals surface area (Å²) in [6.45, 7) is 2.00. The summed E-state index contributed by atoms with van der Waals surface area (Å²) in [5.74, 6) is -1.29. The maximum absolute atomic E-state index is 13.9. The van der Waals surface area contributed by atoms with Crippen LogP contribution in [0.5, 0.6) is 0 Å². The van der Waals surface area contributed by atoms with Gasteiger partial charge in [-0.1, -0.05) is 78.4 Å². The van der Waals surface area contributed by atoms with Crippen molar-refractivity contribution in [1.82, 2.24) is 0 Å². The maximum atomic E-state index is 13.9. The minimum absolute atomic E-state index is 0.0803. The second-order valence-electron chi connectivity index (χ2n) is 9.33. The van der Waals surface area contributed by atoms with Crippen molar-refractivity contribution in [2.75, 3.05) is 19.1 Å². The van der Waals surface area contributed by atoms with Crippen LogP contribution >= 0.6 is 0 Å². The number of benzene rings is 3. The molecule has 7 nitrogen and oxygen atoms in total. The predicted octanol–water partition coefficient (Wildman–Crippen LogP) is 4.68. The number of rotatable bonds is 6. The number of hydrogen-bond acceptors (Lipinski definition) is 7. The van der Waals surface area contributed by atoms with Gasteiger partial charge < -0.3 is 19.1 Å². The van der Waals surface area contributed by atoms with Gasteiger partial charge in [0, 0.05) is 17.7 Å². The Balaban J connectivity index is 1.92. The van der Waals surface area contributed by atoms with Crippen molar-refractivity contribution >= 4 is 23.5 Å². The number of esters is 2. The van der Waals surface area contributed by atoms with E-state index in [1.54, 1.807) is 0 Å². The predicted molar refractivity (Wildman–Crippen MR) is 134 cm³/mol. The average Bonchev–Trinajstić information content (AvgIpc) is 3.33. The Hall–Kier alpha value is -4.13. The number of carbonyl (C=O) groups excluding carboxylic acids is 2. The van der Waals surface area contributed by atoms with Crippen molar-refractivity contribution in [3.05, 3.63) is 102 Å². The molecule has 36 heavy (non-hydrogen) atoms. The Labute approximate surface area is 210 Å². The Morgan fingerprint density at radius 1 is 0.889 bits per heavy atom. The number of hydrogen-bond donors (Lipinski definition) is 1. The first-order chi connectivity index (χ1) is 17.4. The summed E-state index contributed by atoms with van der Waals surface area (Å²) in [6, 6.07) is 26.7. The summed E-state index contributed by atoms with van der Waals surface area (Å²) in [4.78, 5) is 28.8. The van der Waals surface area contributed by atoms with Crippen LogP contribution in [0.25, 0.3) is 0 Å². The zero-order valence-corrected chi connectivity index (χ0v) is 20.5. The molecule has 1 N–H and O–H groups in total.